The van der Waals surface area contributed by atoms with Crippen LogP contribution in [0.1, 0.15) is 24.0 Å². The van der Waals surface area contributed by atoms with E-state index in [-0.39, 0.29) is 5.41 Å². The fourth-order valence-corrected chi connectivity index (χ4v) is 2.04. The Kier molecular flexibility index (Phi) is 2.70. The highest BCUT2D eigenvalue weighted by atomic mass is 16.5. The summed E-state index contributed by atoms with van der Waals surface area (Å²) in [7, 11) is 1.71. The highest BCUT2D eigenvalue weighted by Gasteiger charge is 2.42. The van der Waals surface area contributed by atoms with Gasteiger partial charge in [0.05, 0.1) is 7.11 Å². The van der Waals surface area contributed by atoms with Gasteiger partial charge in [0.2, 0.25) is 0 Å². The van der Waals surface area contributed by atoms with E-state index in [0.29, 0.717) is 6.61 Å². The molecule has 0 unspecified atom stereocenters. The van der Waals surface area contributed by atoms with Crippen LogP contribution in [0.3, 0.4) is 0 Å². The average molecular weight is 206 g/mol. The predicted molar refractivity (Wildman–Crippen MR) is 60.2 cm³/mol. The molecule has 1 saturated carbocycles. The number of benzene rings is 1. The van der Waals surface area contributed by atoms with Gasteiger partial charge < -0.3 is 9.84 Å². The van der Waals surface area contributed by atoms with Gasteiger partial charge in [-0.05, 0) is 48.8 Å². The summed E-state index contributed by atoms with van der Waals surface area (Å²) < 4.78 is 5.36. The zero-order chi connectivity index (χ0) is 10.9. The van der Waals surface area contributed by atoms with E-state index in [1.54, 1.807) is 7.11 Å². The summed E-state index contributed by atoms with van der Waals surface area (Å²) in [6.45, 7) is 2.40. The molecule has 1 aromatic rings. The largest absolute Gasteiger partial charge is 0.496 e. The summed E-state index contributed by atoms with van der Waals surface area (Å²) in [5.74, 6) is 0.953. The molecule has 0 atom stereocenters. The van der Waals surface area contributed by atoms with Gasteiger partial charge >= 0.3 is 0 Å². The Morgan fingerprint density at radius 2 is 2.13 bits per heavy atom. The van der Waals surface area contributed by atoms with Crippen LogP contribution < -0.4 is 4.74 Å². The lowest BCUT2D eigenvalue weighted by Crippen LogP contribution is -2.11. The first-order valence-electron chi connectivity index (χ1n) is 5.44. The van der Waals surface area contributed by atoms with Gasteiger partial charge in [0.15, 0.2) is 0 Å². The fraction of sp³-hybridized carbons (Fsp3) is 0.538. The maximum Gasteiger partial charge on any atom is 0.122 e. The van der Waals surface area contributed by atoms with Crippen LogP contribution >= 0.6 is 0 Å². The van der Waals surface area contributed by atoms with Crippen molar-refractivity contribution in [2.45, 2.75) is 26.2 Å². The quantitative estimate of drug-likeness (QED) is 0.819. The molecular formula is C13H18O2. The number of aliphatic hydroxyl groups is 1. The molecule has 2 heteroatoms. The minimum atomic E-state index is 0.152. The average Bonchev–Trinajstić information content (AvgIpc) is 3.02. The monoisotopic (exact) mass is 206 g/mol. The van der Waals surface area contributed by atoms with Gasteiger partial charge in [0.1, 0.15) is 5.75 Å². The van der Waals surface area contributed by atoms with Crippen molar-refractivity contribution in [3.05, 3.63) is 29.3 Å². The lowest BCUT2D eigenvalue weighted by molar-refractivity contribution is 0.210. The third-order valence-electron chi connectivity index (χ3n) is 3.43. The van der Waals surface area contributed by atoms with Crippen LogP contribution in [0.4, 0.5) is 0 Å². The van der Waals surface area contributed by atoms with Crippen LogP contribution in [0.5, 0.6) is 5.75 Å². The van der Waals surface area contributed by atoms with Gasteiger partial charge in [-0.25, -0.2) is 0 Å². The first-order chi connectivity index (χ1) is 7.21. The molecule has 82 valence electrons. The molecule has 0 aliphatic heterocycles. The molecule has 1 aliphatic rings. The van der Waals surface area contributed by atoms with E-state index in [4.69, 9.17) is 4.74 Å². The second-order valence-electron chi connectivity index (χ2n) is 4.59. The Labute approximate surface area is 90.9 Å². The summed E-state index contributed by atoms with van der Waals surface area (Å²) in [5, 5.41) is 9.33. The van der Waals surface area contributed by atoms with Gasteiger partial charge in [-0.3, -0.25) is 0 Å². The smallest absolute Gasteiger partial charge is 0.122 e. The number of methoxy groups -OCH3 is 1. The number of aliphatic hydroxyl groups excluding tert-OH is 1. The minimum Gasteiger partial charge on any atom is -0.496 e. The van der Waals surface area contributed by atoms with Crippen molar-refractivity contribution in [1.82, 2.24) is 0 Å². The Balaban J connectivity index is 2.26. The summed E-state index contributed by atoms with van der Waals surface area (Å²) >= 11 is 0. The van der Waals surface area contributed by atoms with Crippen LogP contribution in [0.2, 0.25) is 0 Å². The lowest BCUT2D eigenvalue weighted by Gasteiger charge is -2.16. The molecule has 2 rings (SSSR count). The normalized spacial score (nSPS) is 17.5. The van der Waals surface area contributed by atoms with Gasteiger partial charge in [0, 0.05) is 6.61 Å². The first kappa shape index (κ1) is 10.5. The van der Waals surface area contributed by atoms with Crippen molar-refractivity contribution in [3.63, 3.8) is 0 Å². The molecule has 1 aliphatic carbocycles. The van der Waals surface area contributed by atoms with Crippen molar-refractivity contribution < 1.29 is 9.84 Å². The Bertz CT molecular complexity index is 354. The number of rotatable bonds is 4. The Morgan fingerprint density at radius 1 is 1.40 bits per heavy atom. The van der Waals surface area contributed by atoms with E-state index >= 15 is 0 Å². The van der Waals surface area contributed by atoms with Crippen molar-refractivity contribution in [2.75, 3.05) is 13.7 Å². The number of ether oxygens (including phenoxy) is 1. The molecular weight excluding hydrogens is 188 g/mol. The van der Waals surface area contributed by atoms with Crippen LogP contribution in [-0.4, -0.2) is 18.8 Å². The van der Waals surface area contributed by atoms with Gasteiger partial charge in [-0.1, -0.05) is 12.1 Å². The number of aryl methyl sites for hydroxylation is 1. The molecule has 0 radical (unpaired) electrons. The van der Waals surface area contributed by atoms with Gasteiger partial charge in [-0.2, -0.15) is 0 Å². The standard InChI is InChI=1S/C13H18O2/c1-10-4-3-5-12(15-2)11(10)8-13(9-14)6-7-13/h3-5,14H,6-9H2,1-2H3. The minimum absolute atomic E-state index is 0.152. The molecule has 2 nitrogen and oxygen atoms in total. The van der Waals surface area contributed by atoms with Crippen LogP contribution in [-0.2, 0) is 6.42 Å². The van der Waals surface area contributed by atoms with Crippen molar-refractivity contribution in [1.29, 1.82) is 0 Å². The fourth-order valence-electron chi connectivity index (χ4n) is 2.04. The topological polar surface area (TPSA) is 29.5 Å². The molecule has 0 bridgehead atoms. The lowest BCUT2D eigenvalue weighted by atomic mass is 9.93. The second-order valence-corrected chi connectivity index (χ2v) is 4.59. The van der Waals surface area contributed by atoms with Crippen LogP contribution in [0, 0.1) is 12.3 Å². The first-order valence-corrected chi connectivity index (χ1v) is 5.44. The predicted octanol–water partition coefficient (Wildman–Crippen LogP) is 2.32. The molecule has 0 spiro atoms. The van der Waals surface area contributed by atoms with Crippen molar-refractivity contribution >= 4 is 0 Å². The molecule has 0 amide bonds. The van der Waals surface area contributed by atoms with Crippen molar-refractivity contribution in [3.8, 4) is 5.75 Å². The summed E-state index contributed by atoms with van der Waals surface area (Å²) in [6, 6.07) is 6.11. The summed E-state index contributed by atoms with van der Waals surface area (Å²) in [4.78, 5) is 0. The molecule has 0 aromatic heterocycles. The molecule has 1 fully saturated rings. The van der Waals surface area contributed by atoms with E-state index in [0.717, 1.165) is 25.0 Å². The summed E-state index contributed by atoms with van der Waals surface area (Å²) in [5.41, 5.74) is 2.67. The van der Waals surface area contributed by atoms with Crippen LogP contribution in [0.25, 0.3) is 0 Å². The molecule has 15 heavy (non-hydrogen) atoms. The number of hydrogen-bond donors (Lipinski definition) is 1. The van der Waals surface area contributed by atoms with E-state index in [2.05, 4.69) is 13.0 Å². The number of hydrogen-bond acceptors (Lipinski definition) is 2. The Hall–Kier alpha value is -1.02. The Morgan fingerprint density at radius 3 is 2.67 bits per heavy atom. The maximum absolute atomic E-state index is 9.33. The zero-order valence-electron chi connectivity index (χ0n) is 9.42. The highest BCUT2D eigenvalue weighted by molar-refractivity contribution is 5.40. The summed E-state index contributed by atoms with van der Waals surface area (Å²) in [6.07, 6.45) is 3.22. The van der Waals surface area contributed by atoms with E-state index in [1.165, 1.54) is 11.1 Å². The zero-order valence-corrected chi connectivity index (χ0v) is 9.42. The van der Waals surface area contributed by atoms with Crippen molar-refractivity contribution in [2.24, 2.45) is 5.41 Å². The van der Waals surface area contributed by atoms with E-state index in [9.17, 15) is 5.11 Å². The SMILES string of the molecule is COc1cccc(C)c1CC1(CO)CC1. The highest BCUT2D eigenvalue weighted by Crippen LogP contribution is 2.49. The molecule has 0 heterocycles. The van der Waals surface area contributed by atoms with Crippen LogP contribution in [0.15, 0.2) is 18.2 Å². The molecule has 1 N–H and O–H groups in total. The van der Waals surface area contributed by atoms with Gasteiger partial charge in [-0.15, -0.1) is 0 Å². The van der Waals surface area contributed by atoms with Gasteiger partial charge in [0.25, 0.3) is 0 Å². The molecule has 0 saturated heterocycles. The second kappa shape index (κ2) is 3.86. The maximum atomic E-state index is 9.33. The third kappa shape index (κ3) is 2.00. The van der Waals surface area contributed by atoms with E-state index < -0.39 is 0 Å². The van der Waals surface area contributed by atoms with E-state index in [1.807, 2.05) is 12.1 Å². The molecule has 1 aromatic carbocycles. The third-order valence-corrected chi connectivity index (χ3v) is 3.43.